The second kappa shape index (κ2) is 11.0. The molecule has 1 aliphatic heterocycles. The highest BCUT2D eigenvalue weighted by atomic mass is 16.1. The summed E-state index contributed by atoms with van der Waals surface area (Å²) in [6, 6.07) is 10.5. The summed E-state index contributed by atoms with van der Waals surface area (Å²) in [5.41, 5.74) is 3.46. The van der Waals surface area contributed by atoms with Gasteiger partial charge in [0.1, 0.15) is 23.3 Å². The molecule has 194 valence electrons. The van der Waals surface area contributed by atoms with E-state index in [-0.39, 0.29) is 5.91 Å². The van der Waals surface area contributed by atoms with E-state index in [1.165, 1.54) is 25.5 Å². The molecule has 10 nitrogen and oxygen atoms in total. The highest BCUT2D eigenvalue weighted by Crippen LogP contribution is 2.32. The quantitative estimate of drug-likeness (QED) is 0.379. The maximum atomic E-state index is 12.4. The first-order valence-corrected chi connectivity index (χ1v) is 13.2. The van der Waals surface area contributed by atoms with Crippen molar-refractivity contribution in [1.82, 2.24) is 19.5 Å². The lowest BCUT2D eigenvalue weighted by atomic mass is 10.1. The number of nitrogens with zero attached hydrogens (tertiary/aromatic N) is 6. The fourth-order valence-electron chi connectivity index (χ4n) is 4.67. The Morgan fingerprint density at radius 2 is 2.03 bits per heavy atom. The summed E-state index contributed by atoms with van der Waals surface area (Å²) >= 11 is 0. The highest BCUT2D eigenvalue weighted by Gasteiger charge is 2.23. The number of amides is 1. The van der Waals surface area contributed by atoms with Crippen molar-refractivity contribution in [3.05, 3.63) is 36.0 Å². The topological polar surface area (TPSA) is 114 Å². The summed E-state index contributed by atoms with van der Waals surface area (Å²) in [5.74, 6) is 1.37. The summed E-state index contributed by atoms with van der Waals surface area (Å²) in [5, 5.41) is 23.8. The Bertz CT molecular complexity index is 1300. The molecule has 1 saturated carbocycles. The number of carbonyl (C=O) groups is 1. The van der Waals surface area contributed by atoms with Gasteiger partial charge in [0.25, 0.3) is 0 Å². The fraction of sp³-hybridized carbons (Fsp3) is 0.481. The third kappa shape index (κ3) is 5.94. The van der Waals surface area contributed by atoms with E-state index in [9.17, 15) is 10.1 Å². The lowest BCUT2D eigenvalue weighted by molar-refractivity contribution is -0.115. The van der Waals surface area contributed by atoms with Gasteiger partial charge in [-0.1, -0.05) is 13.3 Å². The molecular formula is C27H35N9O. The zero-order valence-corrected chi connectivity index (χ0v) is 21.6. The summed E-state index contributed by atoms with van der Waals surface area (Å²) in [4.78, 5) is 21.7. The molecule has 1 aromatic carbocycles. The van der Waals surface area contributed by atoms with Crippen LogP contribution in [0, 0.1) is 11.3 Å². The summed E-state index contributed by atoms with van der Waals surface area (Å²) in [6.07, 6.45) is 8.05. The van der Waals surface area contributed by atoms with Crippen molar-refractivity contribution in [3.63, 3.8) is 0 Å². The molecule has 1 amide bonds. The van der Waals surface area contributed by atoms with Crippen molar-refractivity contribution in [3.8, 4) is 6.07 Å². The van der Waals surface area contributed by atoms with Gasteiger partial charge < -0.3 is 25.8 Å². The lowest BCUT2D eigenvalue weighted by Crippen LogP contribution is -2.36. The molecule has 1 saturated heterocycles. The minimum Gasteiger partial charge on any atom is -0.372 e. The van der Waals surface area contributed by atoms with E-state index in [1.54, 1.807) is 4.52 Å². The Kier molecular flexibility index (Phi) is 7.42. The molecule has 0 radical (unpaired) electrons. The van der Waals surface area contributed by atoms with Crippen molar-refractivity contribution >= 4 is 40.3 Å². The van der Waals surface area contributed by atoms with Crippen molar-refractivity contribution in [2.75, 3.05) is 54.1 Å². The minimum atomic E-state index is -0.0313. The number of fused-ring (bicyclic) bond motifs is 1. The van der Waals surface area contributed by atoms with E-state index >= 15 is 0 Å². The van der Waals surface area contributed by atoms with Gasteiger partial charge in [0, 0.05) is 44.4 Å². The molecule has 3 heterocycles. The number of likely N-dealkylation sites (tertiary alicyclic amines) is 1. The van der Waals surface area contributed by atoms with Crippen LogP contribution in [0.5, 0.6) is 0 Å². The van der Waals surface area contributed by atoms with Gasteiger partial charge in [0.05, 0.1) is 17.6 Å². The zero-order chi connectivity index (χ0) is 25.8. The summed E-state index contributed by atoms with van der Waals surface area (Å²) in [7, 11) is 2.07. The molecule has 0 spiro atoms. The van der Waals surface area contributed by atoms with Crippen molar-refractivity contribution in [2.45, 2.75) is 51.5 Å². The molecule has 3 aromatic rings. The van der Waals surface area contributed by atoms with Crippen LogP contribution in [0.2, 0.25) is 0 Å². The van der Waals surface area contributed by atoms with Crippen LogP contribution in [0.1, 0.15) is 51.0 Å². The maximum absolute atomic E-state index is 12.4. The SMILES string of the molecule is CCC(=O)Nc1cc(Nc2cc(NC3CC3)n3ncc(C#N)c3n2)ccc1N(C)CCN1CCCCC1. The first-order valence-electron chi connectivity index (χ1n) is 13.2. The normalized spacial score (nSPS) is 15.8. The van der Waals surface area contributed by atoms with Gasteiger partial charge in [0.2, 0.25) is 5.91 Å². The van der Waals surface area contributed by atoms with E-state index in [0.29, 0.717) is 29.5 Å². The highest BCUT2D eigenvalue weighted by molar-refractivity contribution is 5.95. The maximum Gasteiger partial charge on any atom is 0.224 e. The van der Waals surface area contributed by atoms with Crippen LogP contribution in [0.15, 0.2) is 30.5 Å². The Hall–Kier alpha value is -3.84. The van der Waals surface area contributed by atoms with Crippen LogP contribution in [0.4, 0.5) is 28.7 Å². The van der Waals surface area contributed by atoms with Gasteiger partial charge in [-0.05, 0) is 57.0 Å². The fourth-order valence-corrected chi connectivity index (χ4v) is 4.67. The number of carbonyl (C=O) groups excluding carboxylic acids is 1. The van der Waals surface area contributed by atoms with Crippen molar-refractivity contribution in [1.29, 1.82) is 5.26 Å². The first kappa shape index (κ1) is 24.8. The second-order valence-corrected chi connectivity index (χ2v) is 9.93. The third-order valence-electron chi connectivity index (χ3n) is 7.00. The van der Waals surface area contributed by atoms with Crippen LogP contribution in [-0.2, 0) is 4.79 Å². The predicted molar refractivity (Wildman–Crippen MR) is 147 cm³/mol. The van der Waals surface area contributed by atoms with E-state index in [2.05, 4.69) is 48.9 Å². The number of likely N-dealkylation sites (N-methyl/N-ethyl adjacent to an activating group) is 1. The van der Waals surface area contributed by atoms with E-state index in [0.717, 1.165) is 61.9 Å². The smallest absolute Gasteiger partial charge is 0.224 e. The molecule has 0 atom stereocenters. The van der Waals surface area contributed by atoms with E-state index < -0.39 is 0 Å². The molecule has 5 rings (SSSR count). The first-order chi connectivity index (χ1) is 18.0. The number of anilines is 5. The number of rotatable bonds is 10. The average Bonchev–Trinajstić information content (AvgIpc) is 3.63. The van der Waals surface area contributed by atoms with Gasteiger partial charge in [-0.3, -0.25) is 4.79 Å². The number of piperidine rings is 1. The van der Waals surface area contributed by atoms with E-state index in [1.807, 2.05) is 31.2 Å². The largest absolute Gasteiger partial charge is 0.372 e. The number of hydrogen-bond acceptors (Lipinski definition) is 8. The second-order valence-electron chi connectivity index (χ2n) is 9.93. The molecule has 37 heavy (non-hydrogen) atoms. The number of aromatic nitrogens is 3. The Balaban J connectivity index is 1.39. The lowest BCUT2D eigenvalue weighted by Gasteiger charge is -2.30. The summed E-state index contributed by atoms with van der Waals surface area (Å²) < 4.78 is 1.68. The molecule has 2 aromatic heterocycles. The molecule has 2 aliphatic rings. The van der Waals surface area contributed by atoms with Gasteiger partial charge in [-0.25, -0.2) is 4.98 Å². The molecule has 0 unspecified atom stereocenters. The number of nitriles is 1. The minimum absolute atomic E-state index is 0.0313. The van der Waals surface area contributed by atoms with Crippen molar-refractivity contribution < 1.29 is 4.79 Å². The van der Waals surface area contributed by atoms with Crippen molar-refractivity contribution in [2.24, 2.45) is 0 Å². The standard InChI is InChI=1S/C27H35N9O/c1-3-26(37)32-22-15-21(9-10-23(22)34(2)13-14-35-11-5-4-6-12-35)30-24-16-25(31-20-7-8-20)36-27(33-24)19(17-28)18-29-36/h9-10,15-16,18,20,31H,3-8,11-14H2,1-2H3,(H,30,33)(H,32,37). The third-order valence-corrected chi connectivity index (χ3v) is 7.00. The van der Waals surface area contributed by atoms with Gasteiger partial charge >= 0.3 is 0 Å². The average molecular weight is 502 g/mol. The predicted octanol–water partition coefficient (Wildman–Crippen LogP) is 4.19. The molecule has 10 heteroatoms. The van der Waals surface area contributed by atoms with Gasteiger partial charge in [-0.15, -0.1) is 0 Å². The van der Waals surface area contributed by atoms with Gasteiger partial charge in [0.15, 0.2) is 5.65 Å². The number of hydrogen-bond donors (Lipinski definition) is 3. The van der Waals surface area contributed by atoms with Crippen LogP contribution in [-0.4, -0.2) is 64.7 Å². The number of benzene rings is 1. The molecule has 2 fully saturated rings. The molecule has 1 aliphatic carbocycles. The van der Waals surface area contributed by atoms with Gasteiger partial charge in [-0.2, -0.15) is 14.9 Å². The molecular weight excluding hydrogens is 466 g/mol. The Morgan fingerprint density at radius 1 is 1.22 bits per heavy atom. The van der Waals surface area contributed by atoms with Crippen LogP contribution >= 0.6 is 0 Å². The monoisotopic (exact) mass is 501 g/mol. The number of nitrogens with one attached hydrogen (secondary N) is 3. The molecule has 3 N–H and O–H groups in total. The summed E-state index contributed by atoms with van der Waals surface area (Å²) in [6.45, 7) is 6.06. The molecule has 0 bridgehead atoms. The Labute approximate surface area is 217 Å². The van der Waals surface area contributed by atoms with E-state index in [4.69, 9.17) is 0 Å². The Morgan fingerprint density at radius 3 is 2.76 bits per heavy atom. The zero-order valence-electron chi connectivity index (χ0n) is 21.6. The van der Waals surface area contributed by atoms with Crippen LogP contribution in [0.25, 0.3) is 5.65 Å². The van der Waals surface area contributed by atoms with Crippen LogP contribution in [0.3, 0.4) is 0 Å². The van der Waals surface area contributed by atoms with Crippen LogP contribution < -0.4 is 20.9 Å².